The van der Waals surface area contributed by atoms with Gasteiger partial charge in [-0.15, -0.1) is 0 Å². The Hall–Kier alpha value is -3.32. The fraction of sp³-hybridized carbons (Fsp3) is 0.261. The van der Waals surface area contributed by atoms with Gasteiger partial charge in [0, 0.05) is 36.5 Å². The molecule has 8 heteroatoms. The van der Waals surface area contributed by atoms with Crippen LogP contribution in [0.15, 0.2) is 60.8 Å². The van der Waals surface area contributed by atoms with Crippen LogP contribution in [0.1, 0.15) is 41.5 Å². The van der Waals surface area contributed by atoms with E-state index < -0.39 is 6.09 Å². The fourth-order valence-electron chi connectivity index (χ4n) is 3.01. The molecule has 0 aliphatic heterocycles. The molecule has 0 saturated heterocycles. The third-order valence-corrected chi connectivity index (χ3v) is 4.88. The summed E-state index contributed by atoms with van der Waals surface area (Å²) in [6, 6.07) is 16.2. The van der Waals surface area contributed by atoms with Crippen LogP contribution < -0.4 is 5.32 Å². The molecule has 3 rings (SSSR count). The minimum atomic E-state index is -0.544. The Balaban J connectivity index is 1.52. The van der Waals surface area contributed by atoms with Crippen LogP contribution in [-0.4, -0.2) is 33.7 Å². The van der Waals surface area contributed by atoms with Gasteiger partial charge in [-0.3, -0.25) is 14.8 Å². The Morgan fingerprint density at radius 2 is 1.71 bits per heavy atom. The zero-order chi connectivity index (χ0) is 22.4. The smallest absolute Gasteiger partial charge is 0.411 e. The van der Waals surface area contributed by atoms with E-state index in [-0.39, 0.29) is 18.6 Å². The molecular formula is C23H25ClN4O3. The molecule has 2 amide bonds. The SMILES string of the molecule is CC(C)n1nccc1C(=O)N(C)Cc1ccc(NC(=O)OCc2ccc(Cl)cc2)cc1. The second-order valence-electron chi connectivity index (χ2n) is 7.44. The molecule has 0 unspecified atom stereocenters. The molecule has 0 aliphatic rings. The van der Waals surface area contributed by atoms with Crippen LogP contribution in [0.25, 0.3) is 0 Å². The molecule has 0 atom stereocenters. The summed E-state index contributed by atoms with van der Waals surface area (Å²) in [7, 11) is 1.75. The van der Waals surface area contributed by atoms with Crippen molar-refractivity contribution >= 4 is 29.3 Å². The number of hydrogen-bond acceptors (Lipinski definition) is 4. The van der Waals surface area contributed by atoms with E-state index in [1.54, 1.807) is 65.3 Å². The molecule has 0 saturated carbocycles. The summed E-state index contributed by atoms with van der Waals surface area (Å²) >= 11 is 5.84. The number of ether oxygens (including phenoxy) is 1. The summed E-state index contributed by atoms with van der Waals surface area (Å²) in [5.74, 6) is -0.0980. The first-order chi connectivity index (χ1) is 14.8. The molecule has 162 valence electrons. The molecule has 3 aromatic rings. The zero-order valence-electron chi connectivity index (χ0n) is 17.7. The normalized spacial score (nSPS) is 10.7. The van der Waals surface area contributed by atoms with Gasteiger partial charge in [0.15, 0.2) is 0 Å². The number of benzene rings is 2. The van der Waals surface area contributed by atoms with E-state index in [9.17, 15) is 9.59 Å². The lowest BCUT2D eigenvalue weighted by Crippen LogP contribution is -2.29. The van der Waals surface area contributed by atoms with Crippen molar-refractivity contribution < 1.29 is 14.3 Å². The molecule has 1 aromatic heterocycles. The maximum atomic E-state index is 12.7. The first kappa shape index (κ1) is 22.4. The molecule has 7 nitrogen and oxygen atoms in total. The van der Waals surface area contributed by atoms with Crippen LogP contribution in [0.5, 0.6) is 0 Å². The van der Waals surface area contributed by atoms with Gasteiger partial charge in [-0.1, -0.05) is 35.9 Å². The number of carbonyl (C=O) groups is 2. The van der Waals surface area contributed by atoms with Crippen LogP contribution in [-0.2, 0) is 17.9 Å². The first-order valence-corrected chi connectivity index (χ1v) is 10.3. The van der Waals surface area contributed by atoms with Crippen LogP contribution in [0.4, 0.5) is 10.5 Å². The Morgan fingerprint density at radius 1 is 1.06 bits per heavy atom. The third-order valence-electron chi connectivity index (χ3n) is 4.63. The number of nitrogens with one attached hydrogen (secondary N) is 1. The number of amides is 2. The highest BCUT2D eigenvalue weighted by Gasteiger charge is 2.18. The van der Waals surface area contributed by atoms with E-state index in [0.717, 1.165) is 11.1 Å². The van der Waals surface area contributed by atoms with Gasteiger partial charge in [0.2, 0.25) is 0 Å². The van der Waals surface area contributed by atoms with E-state index in [1.807, 2.05) is 26.0 Å². The van der Waals surface area contributed by atoms with Gasteiger partial charge < -0.3 is 9.64 Å². The number of rotatable bonds is 7. The van der Waals surface area contributed by atoms with Crippen molar-refractivity contribution in [3.63, 3.8) is 0 Å². The molecule has 1 N–H and O–H groups in total. The number of carbonyl (C=O) groups excluding carboxylic acids is 2. The Bertz CT molecular complexity index is 1030. The van der Waals surface area contributed by atoms with Crippen molar-refractivity contribution in [3.05, 3.63) is 82.6 Å². The average Bonchev–Trinajstić information content (AvgIpc) is 3.24. The van der Waals surface area contributed by atoms with Crippen molar-refractivity contribution in [1.82, 2.24) is 14.7 Å². The van der Waals surface area contributed by atoms with Gasteiger partial charge >= 0.3 is 6.09 Å². The molecule has 2 aromatic carbocycles. The molecule has 0 aliphatic carbocycles. The maximum absolute atomic E-state index is 12.7. The first-order valence-electron chi connectivity index (χ1n) is 9.89. The van der Waals surface area contributed by atoms with Crippen LogP contribution in [0.3, 0.4) is 0 Å². The topological polar surface area (TPSA) is 76.5 Å². The average molecular weight is 441 g/mol. The van der Waals surface area contributed by atoms with Gasteiger partial charge in [0.25, 0.3) is 5.91 Å². The maximum Gasteiger partial charge on any atom is 0.411 e. The standard InChI is InChI=1S/C23H25ClN4O3/c1-16(2)28-21(12-13-25-28)22(29)27(3)14-17-6-10-20(11-7-17)26-23(30)31-15-18-4-8-19(24)9-5-18/h4-13,16H,14-15H2,1-3H3,(H,26,30). The predicted molar refractivity (Wildman–Crippen MR) is 120 cm³/mol. The highest BCUT2D eigenvalue weighted by molar-refractivity contribution is 6.30. The molecule has 0 bridgehead atoms. The van der Waals surface area contributed by atoms with Gasteiger partial charge in [0.05, 0.1) is 0 Å². The quantitative estimate of drug-likeness (QED) is 0.552. The van der Waals surface area contributed by atoms with Crippen molar-refractivity contribution in [2.45, 2.75) is 33.0 Å². The molecule has 0 radical (unpaired) electrons. The Labute approximate surface area is 186 Å². The molecule has 0 fully saturated rings. The van der Waals surface area contributed by atoms with Gasteiger partial charge in [-0.2, -0.15) is 5.10 Å². The summed E-state index contributed by atoms with van der Waals surface area (Å²) in [4.78, 5) is 26.4. The van der Waals surface area contributed by atoms with E-state index in [0.29, 0.717) is 22.9 Å². The highest BCUT2D eigenvalue weighted by Crippen LogP contribution is 2.15. The van der Waals surface area contributed by atoms with Gasteiger partial charge in [-0.05, 0) is 55.3 Å². The number of halogens is 1. The summed E-state index contributed by atoms with van der Waals surface area (Å²) < 4.78 is 6.93. The minimum Gasteiger partial charge on any atom is -0.444 e. The van der Waals surface area contributed by atoms with Crippen LogP contribution in [0.2, 0.25) is 5.02 Å². The number of anilines is 1. The molecule has 31 heavy (non-hydrogen) atoms. The lowest BCUT2D eigenvalue weighted by atomic mass is 10.2. The number of hydrogen-bond donors (Lipinski definition) is 1. The molecule has 0 spiro atoms. The van der Waals surface area contributed by atoms with Gasteiger partial charge in [-0.25, -0.2) is 4.79 Å². The van der Waals surface area contributed by atoms with Crippen molar-refractivity contribution in [3.8, 4) is 0 Å². The van der Waals surface area contributed by atoms with Crippen molar-refractivity contribution in [2.75, 3.05) is 12.4 Å². The summed E-state index contributed by atoms with van der Waals surface area (Å²) in [5, 5.41) is 7.54. The highest BCUT2D eigenvalue weighted by atomic mass is 35.5. The van der Waals surface area contributed by atoms with Crippen molar-refractivity contribution in [1.29, 1.82) is 0 Å². The zero-order valence-corrected chi connectivity index (χ0v) is 18.5. The summed E-state index contributed by atoms with van der Waals surface area (Å²) in [5.41, 5.74) is 2.95. The fourth-order valence-corrected chi connectivity index (χ4v) is 3.14. The summed E-state index contributed by atoms with van der Waals surface area (Å²) in [6.07, 6.45) is 1.09. The lowest BCUT2D eigenvalue weighted by Gasteiger charge is -2.19. The Kier molecular flexibility index (Phi) is 7.31. The van der Waals surface area contributed by atoms with Gasteiger partial charge in [0.1, 0.15) is 12.3 Å². The second kappa shape index (κ2) is 10.1. The van der Waals surface area contributed by atoms with Crippen molar-refractivity contribution in [2.24, 2.45) is 0 Å². The van der Waals surface area contributed by atoms with E-state index >= 15 is 0 Å². The van der Waals surface area contributed by atoms with E-state index in [1.165, 1.54) is 0 Å². The van der Waals surface area contributed by atoms with Crippen LogP contribution >= 0.6 is 11.6 Å². The largest absolute Gasteiger partial charge is 0.444 e. The lowest BCUT2D eigenvalue weighted by molar-refractivity contribution is 0.0770. The number of aromatic nitrogens is 2. The monoisotopic (exact) mass is 440 g/mol. The second-order valence-corrected chi connectivity index (χ2v) is 7.88. The minimum absolute atomic E-state index is 0.0980. The number of nitrogens with zero attached hydrogens (tertiary/aromatic N) is 3. The third kappa shape index (κ3) is 6.08. The van der Waals surface area contributed by atoms with E-state index in [4.69, 9.17) is 16.3 Å². The summed E-state index contributed by atoms with van der Waals surface area (Å²) in [6.45, 7) is 4.55. The Morgan fingerprint density at radius 3 is 2.35 bits per heavy atom. The molecule has 1 heterocycles. The molecular weight excluding hydrogens is 416 g/mol. The predicted octanol–water partition coefficient (Wildman–Crippen LogP) is 5.14. The van der Waals surface area contributed by atoms with E-state index in [2.05, 4.69) is 10.4 Å². The van der Waals surface area contributed by atoms with Crippen LogP contribution in [0, 0.1) is 0 Å².